The predicted molar refractivity (Wildman–Crippen MR) is 94.1 cm³/mol. The first kappa shape index (κ1) is 15.6. The summed E-state index contributed by atoms with van der Waals surface area (Å²) in [4.78, 5) is 1.95. The van der Waals surface area contributed by atoms with Gasteiger partial charge in [0.05, 0.1) is 12.1 Å². The molecule has 0 aliphatic rings. The van der Waals surface area contributed by atoms with Crippen LogP contribution in [0.3, 0.4) is 0 Å². The van der Waals surface area contributed by atoms with Crippen LogP contribution in [0.15, 0.2) is 70.6 Å². The van der Waals surface area contributed by atoms with Gasteiger partial charge in [0, 0.05) is 16.8 Å². The molecule has 21 heavy (non-hydrogen) atoms. The van der Waals surface area contributed by atoms with Gasteiger partial charge in [-0.1, -0.05) is 54.3 Å². The van der Waals surface area contributed by atoms with Crippen LogP contribution in [0.5, 0.6) is 5.75 Å². The molecule has 0 aromatic heterocycles. The van der Waals surface area contributed by atoms with Gasteiger partial charge in [0.2, 0.25) is 0 Å². The molecule has 0 spiro atoms. The molecule has 0 fully saturated rings. The van der Waals surface area contributed by atoms with Crippen molar-refractivity contribution in [2.24, 2.45) is 0 Å². The number of thiocarbonyl (C=S) groups is 1. The summed E-state index contributed by atoms with van der Waals surface area (Å²) < 4.78 is 5.16. The Morgan fingerprint density at radius 3 is 2.33 bits per heavy atom. The van der Waals surface area contributed by atoms with E-state index in [-0.39, 0.29) is 0 Å². The van der Waals surface area contributed by atoms with Gasteiger partial charge >= 0.3 is 0 Å². The second-order valence-electron chi connectivity index (χ2n) is 4.27. The average Bonchev–Trinajstić information content (AvgIpc) is 2.55. The lowest BCUT2D eigenvalue weighted by molar-refractivity contribution is 0.414. The molecule has 0 saturated carbocycles. The molecule has 0 amide bonds. The quantitative estimate of drug-likeness (QED) is 0.372. The van der Waals surface area contributed by atoms with E-state index in [1.165, 1.54) is 0 Å². The molecular formula is C17H17NOS2. The molecule has 0 bridgehead atoms. The minimum atomic E-state index is 0.820. The smallest absolute Gasteiger partial charge is 0.118 e. The molecule has 108 valence electrons. The van der Waals surface area contributed by atoms with E-state index in [0.717, 1.165) is 26.1 Å². The third kappa shape index (κ3) is 4.62. The van der Waals surface area contributed by atoms with E-state index in [9.17, 15) is 0 Å². The van der Waals surface area contributed by atoms with Crippen LogP contribution in [0.25, 0.3) is 0 Å². The molecule has 0 saturated heterocycles. The summed E-state index contributed by atoms with van der Waals surface area (Å²) in [5.74, 6) is 0.856. The maximum atomic E-state index is 5.47. The van der Waals surface area contributed by atoms with Crippen molar-refractivity contribution in [3.05, 3.63) is 71.3 Å². The third-order valence-corrected chi connectivity index (χ3v) is 4.26. The van der Waals surface area contributed by atoms with Crippen LogP contribution in [0.1, 0.15) is 5.56 Å². The van der Waals surface area contributed by atoms with Crippen LogP contribution in [0.2, 0.25) is 0 Å². The highest BCUT2D eigenvalue weighted by Crippen LogP contribution is 2.26. The lowest BCUT2D eigenvalue weighted by Crippen LogP contribution is -2.05. The van der Waals surface area contributed by atoms with Crippen LogP contribution in [-0.2, 0) is 0 Å². The second-order valence-corrected chi connectivity index (χ2v) is 5.82. The fourth-order valence-electron chi connectivity index (χ4n) is 1.73. The molecule has 0 heterocycles. The molecule has 0 atom stereocenters. The van der Waals surface area contributed by atoms with Gasteiger partial charge in [-0.05, 0) is 35.9 Å². The van der Waals surface area contributed by atoms with Crippen LogP contribution in [0, 0.1) is 0 Å². The van der Waals surface area contributed by atoms with Crippen molar-refractivity contribution >= 4 is 28.8 Å². The number of allylic oxidation sites excluding steroid dienone is 1. The van der Waals surface area contributed by atoms with Gasteiger partial charge in [0.1, 0.15) is 5.75 Å². The summed E-state index contributed by atoms with van der Waals surface area (Å²) in [6, 6.07) is 18.0. The van der Waals surface area contributed by atoms with Crippen molar-refractivity contribution in [1.29, 1.82) is 0 Å². The number of benzene rings is 2. The highest BCUT2D eigenvalue weighted by Gasteiger charge is 2.03. The maximum absolute atomic E-state index is 5.47. The minimum absolute atomic E-state index is 0.820. The number of hydrogen-bond donors (Lipinski definition) is 1. The predicted octanol–water partition coefficient (Wildman–Crippen LogP) is 4.27. The highest BCUT2D eigenvalue weighted by atomic mass is 32.2. The van der Waals surface area contributed by atoms with E-state index >= 15 is 0 Å². The number of rotatable bonds is 6. The Bertz CT molecular complexity index is 621. The Kier molecular flexibility index (Phi) is 5.84. The number of methoxy groups -OCH3 is 1. The normalized spacial score (nSPS) is 11.0. The number of nitrogens with one attached hydrogen (secondary N) is 1. The zero-order valence-electron chi connectivity index (χ0n) is 12.0. The van der Waals surface area contributed by atoms with Gasteiger partial charge in [-0.25, -0.2) is 0 Å². The second kappa shape index (κ2) is 7.86. The number of ether oxygens (including phenoxy) is 1. The van der Waals surface area contributed by atoms with Crippen molar-refractivity contribution < 1.29 is 4.74 Å². The zero-order chi connectivity index (χ0) is 15.1. The first-order chi connectivity index (χ1) is 10.2. The lowest BCUT2D eigenvalue weighted by Gasteiger charge is -2.08. The minimum Gasteiger partial charge on any atom is -0.497 e. The molecule has 2 nitrogen and oxygen atoms in total. The van der Waals surface area contributed by atoms with Gasteiger partial charge < -0.3 is 10.1 Å². The topological polar surface area (TPSA) is 21.3 Å². The Balaban J connectivity index is 2.11. The first-order valence-corrected chi connectivity index (χ1v) is 7.76. The first-order valence-electron chi connectivity index (χ1n) is 6.53. The van der Waals surface area contributed by atoms with Crippen molar-refractivity contribution in [1.82, 2.24) is 5.32 Å². The molecule has 0 unspecified atom stereocenters. The van der Waals surface area contributed by atoms with Gasteiger partial charge in [0.25, 0.3) is 0 Å². The molecule has 2 rings (SSSR count). The summed E-state index contributed by atoms with van der Waals surface area (Å²) in [5.41, 5.74) is 1.05. The summed E-state index contributed by atoms with van der Waals surface area (Å²) in [6.45, 7) is 0. The van der Waals surface area contributed by atoms with E-state index < -0.39 is 0 Å². The third-order valence-electron chi connectivity index (χ3n) is 2.85. The fraction of sp³-hybridized carbons (Fsp3) is 0.118. The SMILES string of the molecule is CN/C(=C\C(=S)c1ccccc1)Sc1ccc(OC)cc1. The molecule has 0 radical (unpaired) electrons. The van der Waals surface area contributed by atoms with Gasteiger partial charge in [-0.2, -0.15) is 0 Å². The monoisotopic (exact) mass is 315 g/mol. The number of hydrogen-bond acceptors (Lipinski definition) is 4. The van der Waals surface area contributed by atoms with E-state index in [1.54, 1.807) is 18.9 Å². The standard InChI is InChI=1S/C17H17NOS2/c1-18-17(12-16(20)13-6-4-3-5-7-13)21-15-10-8-14(19-2)9-11-15/h3-12,18H,1-2H3/b17-12+. The van der Waals surface area contributed by atoms with Crippen LogP contribution >= 0.6 is 24.0 Å². The molecule has 4 heteroatoms. The fourth-order valence-corrected chi connectivity index (χ4v) is 2.86. The molecule has 0 aliphatic carbocycles. The largest absolute Gasteiger partial charge is 0.497 e. The molecule has 1 N–H and O–H groups in total. The number of thioether (sulfide) groups is 1. The summed E-state index contributed by atoms with van der Waals surface area (Å²) in [7, 11) is 3.56. The van der Waals surface area contributed by atoms with Crippen molar-refractivity contribution in [3.63, 3.8) is 0 Å². The van der Waals surface area contributed by atoms with Crippen LogP contribution in [0.4, 0.5) is 0 Å². The molecule has 2 aromatic carbocycles. The van der Waals surface area contributed by atoms with Crippen LogP contribution < -0.4 is 10.1 Å². The van der Waals surface area contributed by atoms with Gasteiger partial charge in [-0.3, -0.25) is 0 Å². The zero-order valence-corrected chi connectivity index (χ0v) is 13.6. The summed E-state index contributed by atoms with van der Waals surface area (Å²) >= 11 is 7.11. The summed E-state index contributed by atoms with van der Waals surface area (Å²) in [5, 5.41) is 4.19. The highest BCUT2D eigenvalue weighted by molar-refractivity contribution is 8.03. The van der Waals surface area contributed by atoms with E-state index in [4.69, 9.17) is 17.0 Å². The molecule has 2 aromatic rings. The Labute approximate surface area is 135 Å². The van der Waals surface area contributed by atoms with E-state index in [0.29, 0.717) is 0 Å². The van der Waals surface area contributed by atoms with E-state index in [1.807, 2.05) is 67.7 Å². The van der Waals surface area contributed by atoms with Gasteiger partial charge in [-0.15, -0.1) is 0 Å². The lowest BCUT2D eigenvalue weighted by atomic mass is 10.1. The Morgan fingerprint density at radius 1 is 1.10 bits per heavy atom. The van der Waals surface area contributed by atoms with Crippen molar-refractivity contribution in [2.75, 3.05) is 14.2 Å². The maximum Gasteiger partial charge on any atom is 0.118 e. The van der Waals surface area contributed by atoms with Crippen molar-refractivity contribution in [3.8, 4) is 5.75 Å². The van der Waals surface area contributed by atoms with Gasteiger partial charge in [0.15, 0.2) is 0 Å². The van der Waals surface area contributed by atoms with E-state index in [2.05, 4.69) is 5.32 Å². The van der Waals surface area contributed by atoms with Crippen LogP contribution in [-0.4, -0.2) is 19.0 Å². The summed E-state index contributed by atoms with van der Waals surface area (Å²) in [6.07, 6.45) is 1.99. The molecular weight excluding hydrogens is 298 g/mol. The Morgan fingerprint density at radius 2 is 1.76 bits per heavy atom. The van der Waals surface area contributed by atoms with Crippen molar-refractivity contribution in [2.45, 2.75) is 4.90 Å². The Hall–Kier alpha value is -1.78. The average molecular weight is 315 g/mol. The molecule has 0 aliphatic heterocycles.